The van der Waals surface area contributed by atoms with Gasteiger partial charge in [0.2, 0.25) is 0 Å². The first kappa shape index (κ1) is 21.0. The lowest BCUT2D eigenvalue weighted by Gasteiger charge is -2.11. The molecule has 0 bridgehead atoms. The Labute approximate surface area is 178 Å². The van der Waals surface area contributed by atoms with Gasteiger partial charge >= 0.3 is 0 Å². The van der Waals surface area contributed by atoms with Crippen molar-refractivity contribution in [2.24, 2.45) is 0 Å². The van der Waals surface area contributed by atoms with Crippen molar-refractivity contribution in [3.8, 4) is 5.75 Å². The number of halogens is 2. The van der Waals surface area contributed by atoms with E-state index in [1.54, 1.807) is 48.5 Å². The third-order valence-corrected chi connectivity index (χ3v) is 5.97. The summed E-state index contributed by atoms with van der Waals surface area (Å²) < 4.78 is 32.7. The van der Waals surface area contributed by atoms with Crippen molar-refractivity contribution in [3.63, 3.8) is 0 Å². The standard InChI is InChI=1S/C20H16Cl2N2O4S/c21-17-7-4-8-18(20(17)22)23-19(25)13-28-15-9-11-16(12-10-15)29(26,27)24-14-5-2-1-3-6-14/h1-12,24H,13H2,(H,23,25). The minimum Gasteiger partial charge on any atom is -0.484 e. The minimum absolute atomic E-state index is 0.0730. The highest BCUT2D eigenvalue weighted by molar-refractivity contribution is 7.92. The fraction of sp³-hybridized carbons (Fsp3) is 0.0500. The normalized spacial score (nSPS) is 11.0. The summed E-state index contributed by atoms with van der Waals surface area (Å²) in [7, 11) is -3.72. The zero-order valence-electron chi connectivity index (χ0n) is 14.9. The minimum atomic E-state index is -3.72. The van der Waals surface area contributed by atoms with Crippen LogP contribution in [0.5, 0.6) is 5.75 Å². The van der Waals surface area contributed by atoms with E-state index in [-0.39, 0.29) is 16.5 Å². The molecule has 3 rings (SSSR count). The van der Waals surface area contributed by atoms with Gasteiger partial charge in [0.1, 0.15) is 5.75 Å². The summed E-state index contributed by atoms with van der Waals surface area (Å²) in [5.41, 5.74) is 0.838. The number of ether oxygens (including phenoxy) is 1. The highest BCUT2D eigenvalue weighted by Gasteiger charge is 2.14. The number of anilines is 2. The van der Waals surface area contributed by atoms with Gasteiger partial charge in [0.25, 0.3) is 15.9 Å². The molecule has 29 heavy (non-hydrogen) atoms. The first-order valence-electron chi connectivity index (χ1n) is 8.40. The number of carbonyl (C=O) groups excluding carboxylic acids is 1. The average Bonchev–Trinajstić information content (AvgIpc) is 2.71. The number of hydrogen-bond acceptors (Lipinski definition) is 4. The maximum absolute atomic E-state index is 12.4. The van der Waals surface area contributed by atoms with E-state index in [1.807, 2.05) is 0 Å². The van der Waals surface area contributed by atoms with Gasteiger partial charge in [-0.3, -0.25) is 9.52 Å². The summed E-state index contributed by atoms with van der Waals surface area (Å²) >= 11 is 11.9. The molecule has 0 spiro atoms. The molecule has 0 fully saturated rings. The SMILES string of the molecule is O=C(COc1ccc(S(=O)(=O)Nc2ccccc2)cc1)Nc1cccc(Cl)c1Cl. The van der Waals surface area contributed by atoms with Crippen LogP contribution in [-0.2, 0) is 14.8 Å². The fourth-order valence-electron chi connectivity index (χ4n) is 2.37. The van der Waals surface area contributed by atoms with Crippen LogP contribution < -0.4 is 14.8 Å². The van der Waals surface area contributed by atoms with Gasteiger partial charge < -0.3 is 10.1 Å². The lowest BCUT2D eigenvalue weighted by atomic mass is 10.3. The van der Waals surface area contributed by atoms with Crippen molar-refractivity contribution in [1.29, 1.82) is 0 Å². The summed E-state index contributed by atoms with van der Waals surface area (Å²) in [6.45, 7) is -0.281. The maximum Gasteiger partial charge on any atom is 0.262 e. The number of sulfonamides is 1. The van der Waals surface area contributed by atoms with E-state index in [0.717, 1.165) is 0 Å². The van der Waals surface area contributed by atoms with Crippen LogP contribution in [0.25, 0.3) is 0 Å². The quantitative estimate of drug-likeness (QED) is 0.540. The third-order valence-electron chi connectivity index (χ3n) is 3.76. The maximum atomic E-state index is 12.4. The number of amides is 1. The van der Waals surface area contributed by atoms with Gasteiger partial charge in [-0.15, -0.1) is 0 Å². The van der Waals surface area contributed by atoms with Gasteiger partial charge in [-0.25, -0.2) is 8.42 Å². The van der Waals surface area contributed by atoms with Crippen LogP contribution >= 0.6 is 23.2 Å². The van der Waals surface area contributed by atoms with Crippen molar-refractivity contribution in [2.75, 3.05) is 16.6 Å². The van der Waals surface area contributed by atoms with Crippen LogP contribution in [0.4, 0.5) is 11.4 Å². The second-order valence-electron chi connectivity index (χ2n) is 5.88. The van der Waals surface area contributed by atoms with Crippen LogP contribution in [0.15, 0.2) is 77.7 Å². The number of nitrogens with one attached hydrogen (secondary N) is 2. The zero-order valence-corrected chi connectivity index (χ0v) is 17.3. The molecule has 0 heterocycles. The summed E-state index contributed by atoms with van der Waals surface area (Å²) in [5, 5.41) is 3.16. The van der Waals surface area contributed by atoms with Crippen LogP contribution in [0.3, 0.4) is 0 Å². The Morgan fingerprint density at radius 1 is 0.897 bits per heavy atom. The smallest absolute Gasteiger partial charge is 0.262 e. The predicted octanol–water partition coefficient (Wildman–Crippen LogP) is 4.81. The molecule has 1 amide bonds. The largest absolute Gasteiger partial charge is 0.484 e. The molecule has 0 aliphatic rings. The molecule has 9 heteroatoms. The van der Waals surface area contributed by atoms with Gasteiger partial charge in [0.05, 0.1) is 20.6 Å². The van der Waals surface area contributed by atoms with Gasteiger partial charge in [-0.2, -0.15) is 0 Å². The molecule has 0 saturated heterocycles. The Hall–Kier alpha value is -2.74. The molecule has 0 saturated carbocycles. The Bertz CT molecular complexity index is 1110. The second kappa shape index (κ2) is 9.17. The lowest BCUT2D eigenvalue weighted by molar-refractivity contribution is -0.118. The van der Waals surface area contributed by atoms with Crippen LogP contribution in [0.1, 0.15) is 0 Å². The number of hydrogen-bond donors (Lipinski definition) is 2. The zero-order chi connectivity index (χ0) is 20.9. The number of para-hydroxylation sites is 1. The second-order valence-corrected chi connectivity index (χ2v) is 8.35. The monoisotopic (exact) mass is 450 g/mol. The summed E-state index contributed by atoms with van der Waals surface area (Å²) in [6.07, 6.45) is 0. The fourth-order valence-corrected chi connectivity index (χ4v) is 3.78. The molecule has 0 aliphatic carbocycles. The molecule has 150 valence electrons. The summed E-state index contributed by atoms with van der Waals surface area (Å²) in [4.78, 5) is 12.1. The van der Waals surface area contributed by atoms with E-state index >= 15 is 0 Å². The number of benzene rings is 3. The van der Waals surface area contributed by atoms with Crippen molar-refractivity contribution < 1.29 is 17.9 Å². The molecule has 6 nitrogen and oxygen atoms in total. The van der Waals surface area contributed by atoms with Crippen molar-refractivity contribution in [2.45, 2.75) is 4.90 Å². The first-order valence-corrected chi connectivity index (χ1v) is 10.6. The molecule has 0 aromatic heterocycles. The summed E-state index contributed by atoms with van der Waals surface area (Å²) in [5.74, 6) is -0.0902. The highest BCUT2D eigenvalue weighted by atomic mass is 35.5. The van der Waals surface area contributed by atoms with Crippen LogP contribution in [0, 0.1) is 0 Å². The van der Waals surface area contributed by atoms with E-state index in [9.17, 15) is 13.2 Å². The van der Waals surface area contributed by atoms with E-state index in [0.29, 0.717) is 22.1 Å². The molecule has 3 aromatic carbocycles. The first-order chi connectivity index (χ1) is 13.8. The Morgan fingerprint density at radius 3 is 2.28 bits per heavy atom. The van der Waals surface area contributed by atoms with Crippen molar-refractivity contribution in [3.05, 3.63) is 82.8 Å². The third kappa shape index (κ3) is 5.63. The van der Waals surface area contributed by atoms with Gasteiger partial charge in [-0.05, 0) is 48.5 Å². The molecular weight excluding hydrogens is 435 g/mol. The molecule has 2 N–H and O–H groups in total. The number of carbonyl (C=O) groups is 1. The van der Waals surface area contributed by atoms with Crippen LogP contribution in [0.2, 0.25) is 10.0 Å². The van der Waals surface area contributed by atoms with E-state index < -0.39 is 15.9 Å². The highest BCUT2D eigenvalue weighted by Crippen LogP contribution is 2.29. The molecular formula is C20H16Cl2N2O4S. The van der Waals surface area contributed by atoms with E-state index in [4.69, 9.17) is 27.9 Å². The van der Waals surface area contributed by atoms with Gasteiger partial charge in [-0.1, -0.05) is 47.5 Å². The topological polar surface area (TPSA) is 84.5 Å². The molecule has 0 atom stereocenters. The van der Waals surface area contributed by atoms with Crippen molar-refractivity contribution in [1.82, 2.24) is 0 Å². The molecule has 0 unspecified atom stereocenters. The average molecular weight is 451 g/mol. The van der Waals surface area contributed by atoms with Gasteiger partial charge in [0.15, 0.2) is 6.61 Å². The van der Waals surface area contributed by atoms with Gasteiger partial charge in [0, 0.05) is 5.69 Å². The number of rotatable bonds is 7. The lowest BCUT2D eigenvalue weighted by Crippen LogP contribution is -2.20. The van der Waals surface area contributed by atoms with E-state index in [1.165, 1.54) is 24.3 Å². The molecule has 0 aliphatic heterocycles. The Balaban J connectivity index is 1.59. The Kier molecular flexibility index (Phi) is 6.64. The molecule has 0 radical (unpaired) electrons. The Morgan fingerprint density at radius 2 is 1.59 bits per heavy atom. The van der Waals surface area contributed by atoms with Crippen LogP contribution in [-0.4, -0.2) is 20.9 Å². The predicted molar refractivity (Wildman–Crippen MR) is 114 cm³/mol. The summed E-state index contributed by atoms with van der Waals surface area (Å²) in [6, 6.07) is 19.2. The molecule has 3 aromatic rings. The van der Waals surface area contributed by atoms with Crippen molar-refractivity contribution >= 4 is 50.5 Å². The van der Waals surface area contributed by atoms with E-state index in [2.05, 4.69) is 10.0 Å².